The minimum Gasteiger partial charge on any atom is -0.381 e. The average Bonchev–Trinajstić information content (AvgIpc) is 3.25. The molecule has 0 amide bonds. The van der Waals surface area contributed by atoms with Gasteiger partial charge < -0.3 is 24.4 Å². The highest BCUT2D eigenvalue weighted by Crippen LogP contribution is 2.23. The van der Waals surface area contributed by atoms with Crippen LogP contribution in [0.5, 0.6) is 0 Å². The van der Waals surface area contributed by atoms with Crippen LogP contribution >= 0.6 is 0 Å². The topological polar surface area (TPSA) is 73.2 Å². The molecular formula is C25H47N5O3Si2. The lowest BCUT2D eigenvalue weighted by Gasteiger charge is -2.29. The third kappa shape index (κ3) is 9.58. The summed E-state index contributed by atoms with van der Waals surface area (Å²) in [4.78, 5) is 7.06. The lowest BCUT2D eigenvalue weighted by atomic mass is 10.1. The molecule has 198 valence electrons. The molecule has 3 rings (SSSR count). The second-order valence-corrected chi connectivity index (χ2v) is 23.4. The van der Waals surface area contributed by atoms with Crippen LogP contribution in [0.15, 0.2) is 18.3 Å². The van der Waals surface area contributed by atoms with Gasteiger partial charge in [-0.3, -0.25) is 0 Å². The van der Waals surface area contributed by atoms with E-state index >= 15 is 0 Å². The minimum absolute atomic E-state index is 0.124. The highest BCUT2D eigenvalue weighted by Gasteiger charge is 2.21. The van der Waals surface area contributed by atoms with Crippen LogP contribution in [0.2, 0.25) is 51.4 Å². The molecule has 0 aromatic carbocycles. The molecule has 0 bridgehead atoms. The van der Waals surface area contributed by atoms with Crippen LogP contribution in [-0.2, 0) is 14.2 Å². The summed E-state index contributed by atoms with van der Waals surface area (Å²) in [5, 5.41) is 8.32. The summed E-state index contributed by atoms with van der Waals surface area (Å²) in [5.74, 6) is 0.955. The maximum Gasteiger partial charge on any atom is 0.157 e. The van der Waals surface area contributed by atoms with Crippen molar-refractivity contribution in [2.75, 3.05) is 44.8 Å². The fraction of sp³-hybridized carbons (Fsp3) is 0.760. The normalized spacial score (nSPS) is 16.7. The lowest BCUT2D eigenvalue weighted by Crippen LogP contribution is -2.37. The summed E-state index contributed by atoms with van der Waals surface area (Å²) in [6.45, 7) is 20.6. The van der Waals surface area contributed by atoms with Crippen molar-refractivity contribution in [2.45, 2.75) is 83.2 Å². The Morgan fingerprint density at radius 2 is 1.66 bits per heavy atom. The van der Waals surface area contributed by atoms with E-state index in [-0.39, 0.29) is 6.04 Å². The quantitative estimate of drug-likeness (QED) is 0.213. The number of fused-ring (bicyclic) bond motifs is 1. The number of aromatic nitrogens is 3. The van der Waals surface area contributed by atoms with Gasteiger partial charge in [0.2, 0.25) is 0 Å². The smallest absolute Gasteiger partial charge is 0.157 e. The Balaban J connectivity index is 1.77. The standard InChI is InChI=1S/C25H47N5O3Si2/c1-21(27-22-9-12-31-13-10-22)23-18-25(30-24(28-23)8-11-26-30)29(19-32-14-16-34(2,3)4)20-33-15-17-35(5,6)7/h8,11,18,21-22,27H,9-10,12-17,19-20H2,1-7H3. The molecule has 8 nitrogen and oxygen atoms in total. The molecule has 35 heavy (non-hydrogen) atoms. The fourth-order valence-electron chi connectivity index (χ4n) is 3.94. The van der Waals surface area contributed by atoms with Crippen molar-refractivity contribution in [1.82, 2.24) is 19.9 Å². The van der Waals surface area contributed by atoms with Crippen LogP contribution in [0.4, 0.5) is 5.82 Å². The summed E-state index contributed by atoms with van der Waals surface area (Å²) < 4.78 is 19.8. The van der Waals surface area contributed by atoms with Gasteiger partial charge in [0.05, 0.1) is 11.9 Å². The van der Waals surface area contributed by atoms with E-state index in [0.717, 1.165) is 68.5 Å². The SMILES string of the molecule is CC(NC1CCOCC1)c1cc(N(COCC[Si](C)(C)C)COCC[Si](C)(C)C)n2nccc2n1. The van der Waals surface area contributed by atoms with Crippen molar-refractivity contribution in [3.05, 3.63) is 24.0 Å². The van der Waals surface area contributed by atoms with E-state index in [2.05, 4.69) is 67.6 Å². The molecule has 1 atom stereocenters. The Hall–Kier alpha value is -1.31. The number of nitrogens with zero attached hydrogens (tertiary/aromatic N) is 4. The van der Waals surface area contributed by atoms with Gasteiger partial charge in [0.15, 0.2) is 5.65 Å². The number of nitrogens with one attached hydrogen (secondary N) is 1. The summed E-state index contributed by atoms with van der Waals surface area (Å²) in [5.41, 5.74) is 1.85. The van der Waals surface area contributed by atoms with Gasteiger partial charge in [0.1, 0.15) is 19.3 Å². The molecular weight excluding hydrogens is 474 g/mol. The summed E-state index contributed by atoms with van der Waals surface area (Å²) >= 11 is 0. The van der Waals surface area contributed by atoms with E-state index in [9.17, 15) is 0 Å². The van der Waals surface area contributed by atoms with Gasteiger partial charge in [-0.05, 0) is 31.9 Å². The zero-order valence-corrected chi connectivity index (χ0v) is 25.0. The van der Waals surface area contributed by atoms with Crippen molar-refractivity contribution in [3.8, 4) is 0 Å². The van der Waals surface area contributed by atoms with E-state index in [0.29, 0.717) is 19.5 Å². The maximum absolute atomic E-state index is 6.17. The highest BCUT2D eigenvalue weighted by molar-refractivity contribution is 6.76. The molecule has 2 aromatic rings. The van der Waals surface area contributed by atoms with Gasteiger partial charge in [-0.1, -0.05) is 39.3 Å². The lowest BCUT2D eigenvalue weighted by molar-refractivity contribution is 0.0753. The van der Waals surface area contributed by atoms with Crippen LogP contribution in [0.25, 0.3) is 5.65 Å². The predicted octanol–water partition coefficient (Wildman–Crippen LogP) is 4.99. The van der Waals surface area contributed by atoms with Gasteiger partial charge in [-0.25, -0.2) is 4.98 Å². The average molecular weight is 522 g/mol. The molecule has 0 aliphatic carbocycles. The fourth-order valence-corrected chi connectivity index (χ4v) is 5.45. The Kier molecular flexibility index (Phi) is 10.3. The van der Waals surface area contributed by atoms with Crippen molar-refractivity contribution in [1.29, 1.82) is 0 Å². The summed E-state index contributed by atoms with van der Waals surface area (Å²) in [7, 11) is -2.31. The molecule has 1 N–H and O–H groups in total. The van der Waals surface area contributed by atoms with Gasteiger partial charge in [-0.2, -0.15) is 9.61 Å². The first-order valence-corrected chi connectivity index (χ1v) is 20.5. The molecule has 0 spiro atoms. The molecule has 1 fully saturated rings. The van der Waals surface area contributed by atoms with Gasteiger partial charge >= 0.3 is 0 Å². The summed E-state index contributed by atoms with van der Waals surface area (Å²) in [6, 6.07) is 6.96. The molecule has 0 radical (unpaired) electrons. The van der Waals surface area contributed by atoms with Crippen LogP contribution in [0.3, 0.4) is 0 Å². The van der Waals surface area contributed by atoms with E-state index in [4.69, 9.17) is 19.2 Å². The number of hydrogen-bond donors (Lipinski definition) is 1. The zero-order chi connectivity index (χ0) is 25.5. The second-order valence-electron chi connectivity index (χ2n) is 12.2. The van der Waals surface area contributed by atoms with Crippen LogP contribution < -0.4 is 10.2 Å². The van der Waals surface area contributed by atoms with Crippen LogP contribution in [0.1, 0.15) is 31.5 Å². The van der Waals surface area contributed by atoms with Crippen LogP contribution in [-0.4, -0.2) is 76.7 Å². The molecule has 1 unspecified atom stereocenters. The Labute approximate surface area is 213 Å². The number of hydrogen-bond acceptors (Lipinski definition) is 7. The number of ether oxygens (including phenoxy) is 3. The third-order valence-electron chi connectivity index (χ3n) is 6.32. The van der Waals surface area contributed by atoms with Gasteiger partial charge in [0.25, 0.3) is 0 Å². The summed E-state index contributed by atoms with van der Waals surface area (Å²) in [6.07, 6.45) is 3.88. The van der Waals surface area contributed by atoms with E-state index in [1.807, 2.05) is 16.8 Å². The first-order chi connectivity index (χ1) is 16.5. The Bertz CT molecular complexity index is 885. The van der Waals surface area contributed by atoms with Crippen LogP contribution in [0, 0.1) is 0 Å². The molecule has 3 heterocycles. The minimum atomic E-state index is -1.15. The largest absolute Gasteiger partial charge is 0.381 e. The van der Waals surface area contributed by atoms with E-state index < -0.39 is 16.1 Å². The Morgan fingerprint density at radius 3 is 2.23 bits per heavy atom. The molecule has 0 saturated carbocycles. The van der Waals surface area contributed by atoms with Gasteiger partial charge in [-0.15, -0.1) is 0 Å². The molecule has 1 saturated heterocycles. The third-order valence-corrected chi connectivity index (χ3v) is 9.73. The first kappa shape index (κ1) is 28.3. The van der Waals surface area contributed by atoms with Crippen molar-refractivity contribution >= 4 is 27.6 Å². The van der Waals surface area contributed by atoms with E-state index in [1.165, 1.54) is 0 Å². The molecule has 1 aliphatic heterocycles. The van der Waals surface area contributed by atoms with Crippen molar-refractivity contribution in [2.24, 2.45) is 0 Å². The highest BCUT2D eigenvalue weighted by atomic mass is 28.3. The van der Waals surface area contributed by atoms with Crippen molar-refractivity contribution in [3.63, 3.8) is 0 Å². The zero-order valence-electron chi connectivity index (χ0n) is 23.0. The maximum atomic E-state index is 6.17. The first-order valence-electron chi connectivity index (χ1n) is 13.1. The predicted molar refractivity (Wildman–Crippen MR) is 149 cm³/mol. The second kappa shape index (κ2) is 12.8. The van der Waals surface area contributed by atoms with Gasteiger partial charge in [0, 0.05) is 66.8 Å². The molecule has 10 heteroatoms. The molecule has 2 aromatic heterocycles. The monoisotopic (exact) mass is 521 g/mol. The number of rotatable bonds is 14. The van der Waals surface area contributed by atoms with E-state index in [1.54, 1.807) is 0 Å². The van der Waals surface area contributed by atoms with Crippen molar-refractivity contribution < 1.29 is 14.2 Å². The Morgan fingerprint density at radius 1 is 1.06 bits per heavy atom. The molecule has 1 aliphatic rings. The number of anilines is 1.